The van der Waals surface area contributed by atoms with Crippen LogP contribution >= 0.6 is 0 Å². The summed E-state index contributed by atoms with van der Waals surface area (Å²) >= 11 is 0. The van der Waals surface area contributed by atoms with E-state index in [4.69, 9.17) is 0 Å². The maximum absolute atomic E-state index is 2.61. The summed E-state index contributed by atoms with van der Waals surface area (Å²) in [6.07, 6.45) is 3.68. The summed E-state index contributed by atoms with van der Waals surface area (Å²) in [4.78, 5) is 5.16. The van der Waals surface area contributed by atoms with Crippen molar-refractivity contribution in [2.45, 2.75) is 34.1 Å². The highest BCUT2D eigenvalue weighted by Gasteiger charge is 2.15. The average molecular weight is 224 g/mol. The lowest BCUT2D eigenvalue weighted by Gasteiger charge is -2.34. The first kappa shape index (κ1) is 13.7. The zero-order chi connectivity index (χ0) is 12.0. The summed E-state index contributed by atoms with van der Waals surface area (Å²) in [6.45, 7) is 16.4. The molecule has 0 saturated carbocycles. The standard InChI is InChI=1S/C14H28N2/c1-13(2)5-7-15-9-11-16(12-10-15)8-6-14(3)4/h5,14H,6-12H2,1-4H3. The van der Waals surface area contributed by atoms with Gasteiger partial charge in [0.1, 0.15) is 0 Å². The second-order valence-corrected chi connectivity index (χ2v) is 5.61. The van der Waals surface area contributed by atoms with Gasteiger partial charge in [-0.25, -0.2) is 0 Å². The van der Waals surface area contributed by atoms with Crippen LogP contribution in [0.1, 0.15) is 34.1 Å². The first-order chi connectivity index (χ1) is 7.58. The maximum Gasteiger partial charge on any atom is 0.0166 e. The molecule has 0 aromatic carbocycles. The van der Waals surface area contributed by atoms with Crippen LogP contribution < -0.4 is 0 Å². The molecular weight excluding hydrogens is 196 g/mol. The van der Waals surface area contributed by atoms with Crippen LogP contribution in [-0.4, -0.2) is 49.1 Å². The molecule has 0 radical (unpaired) electrons. The van der Waals surface area contributed by atoms with E-state index in [-0.39, 0.29) is 0 Å². The van der Waals surface area contributed by atoms with Crippen LogP contribution in [0, 0.1) is 5.92 Å². The quantitative estimate of drug-likeness (QED) is 0.662. The van der Waals surface area contributed by atoms with Gasteiger partial charge in [-0.1, -0.05) is 25.5 Å². The van der Waals surface area contributed by atoms with E-state index < -0.39 is 0 Å². The predicted octanol–water partition coefficient (Wildman–Crippen LogP) is 2.62. The molecule has 0 N–H and O–H groups in total. The normalized spacial score (nSPS) is 19.1. The van der Waals surface area contributed by atoms with Crippen molar-refractivity contribution < 1.29 is 0 Å². The van der Waals surface area contributed by atoms with Gasteiger partial charge in [0.05, 0.1) is 0 Å². The SMILES string of the molecule is CC(C)=CCN1CCN(CCC(C)C)CC1. The van der Waals surface area contributed by atoms with Gasteiger partial charge in [-0.2, -0.15) is 0 Å². The minimum Gasteiger partial charge on any atom is -0.301 e. The molecule has 0 aliphatic carbocycles. The molecule has 0 atom stereocenters. The molecule has 1 aliphatic rings. The molecule has 1 saturated heterocycles. The number of hydrogen-bond acceptors (Lipinski definition) is 2. The molecule has 0 unspecified atom stereocenters. The van der Waals surface area contributed by atoms with Crippen molar-refractivity contribution in [1.82, 2.24) is 9.80 Å². The van der Waals surface area contributed by atoms with Crippen molar-refractivity contribution in [3.05, 3.63) is 11.6 Å². The van der Waals surface area contributed by atoms with E-state index in [2.05, 4.69) is 43.6 Å². The molecule has 1 heterocycles. The summed E-state index contributed by atoms with van der Waals surface area (Å²) in [6, 6.07) is 0. The van der Waals surface area contributed by atoms with Crippen molar-refractivity contribution >= 4 is 0 Å². The third kappa shape index (κ3) is 5.66. The van der Waals surface area contributed by atoms with Crippen LogP contribution in [0.25, 0.3) is 0 Å². The van der Waals surface area contributed by atoms with Gasteiger partial charge in [-0.3, -0.25) is 4.90 Å². The Hall–Kier alpha value is -0.340. The van der Waals surface area contributed by atoms with Gasteiger partial charge in [0.15, 0.2) is 0 Å². The largest absolute Gasteiger partial charge is 0.301 e. The summed E-state index contributed by atoms with van der Waals surface area (Å²) in [5, 5.41) is 0. The minimum absolute atomic E-state index is 0.837. The van der Waals surface area contributed by atoms with Gasteiger partial charge in [0.2, 0.25) is 0 Å². The zero-order valence-corrected chi connectivity index (χ0v) is 11.5. The molecule has 1 aliphatic heterocycles. The lowest BCUT2D eigenvalue weighted by atomic mass is 10.1. The smallest absolute Gasteiger partial charge is 0.0166 e. The van der Waals surface area contributed by atoms with Gasteiger partial charge in [0, 0.05) is 32.7 Å². The number of nitrogens with zero attached hydrogens (tertiary/aromatic N) is 2. The van der Waals surface area contributed by atoms with E-state index in [1.54, 1.807) is 0 Å². The first-order valence-corrected chi connectivity index (χ1v) is 6.66. The van der Waals surface area contributed by atoms with Crippen LogP contribution in [0.5, 0.6) is 0 Å². The molecular formula is C14H28N2. The highest BCUT2D eigenvalue weighted by molar-refractivity contribution is 4.95. The van der Waals surface area contributed by atoms with Gasteiger partial charge in [-0.15, -0.1) is 0 Å². The Kier molecular flexibility index (Phi) is 6.07. The van der Waals surface area contributed by atoms with E-state index >= 15 is 0 Å². The van der Waals surface area contributed by atoms with Crippen molar-refractivity contribution in [1.29, 1.82) is 0 Å². The molecule has 16 heavy (non-hydrogen) atoms. The Morgan fingerprint density at radius 1 is 1.06 bits per heavy atom. The molecule has 2 nitrogen and oxygen atoms in total. The second-order valence-electron chi connectivity index (χ2n) is 5.61. The molecule has 2 heteroatoms. The molecule has 0 spiro atoms. The third-order valence-electron chi connectivity index (χ3n) is 3.25. The highest BCUT2D eigenvalue weighted by Crippen LogP contribution is 2.06. The first-order valence-electron chi connectivity index (χ1n) is 6.66. The minimum atomic E-state index is 0.837. The Morgan fingerprint density at radius 2 is 1.62 bits per heavy atom. The van der Waals surface area contributed by atoms with E-state index in [0.29, 0.717) is 0 Å². The van der Waals surface area contributed by atoms with Gasteiger partial charge in [0.25, 0.3) is 0 Å². The second kappa shape index (κ2) is 7.08. The van der Waals surface area contributed by atoms with Crippen LogP contribution in [0.2, 0.25) is 0 Å². The zero-order valence-electron chi connectivity index (χ0n) is 11.5. The van der Waals surface area contributed by atoms with Gasteiger partial charge < -0.3 is 4.90 Å². The average Bonchev–Trinajstić information content (AvgIpc) is 2.25. The van der Waals surface area contributed by atoms with E-state index in [1.807, 2.05) is 0 Å². The fourth-order valence-electron chi connectivity index (χ4n) is 1.95. The number of allylic oxidation sites excluding steroid dienone is 1. The van der Waals surface area contributed by atoms with Crippen molar-refractivity contribution in [3.8, 4) is 0 Å². The number of piperazine rings is 1. The molecule has 0 amide bonds. The summed E-state index contributed by atoms with van der Waals surface area (Å²) < 4.78 is 0. The lowest BCUT2D eigenvalue weighted by molar-refractivity contribution is 0.137. The van der Waals surface area contributed by atoms with Crippen molar-refractivity contribution in [2.24, 2.45) is 5.92 Å². The maximum atomic E-state index is 2.61. The predicted molar refractivity (Wildman–Crippen MR) is 71.8 cm³/mol. The fourth-order valence-corrected chi connectivity index (χ4v) is 1.95. The Bertz CT molecular complexity index is 209. The van der Waals surface area contributed by atoms with E-state index in [1.165, 1.54) is 44.7 Å². The van der Waals surface area contributed by atoms with Gasteiger partial charge in [-0.05, 0) is 32.7 Å². The molecule has 0 bridgehead atoms. The monoisotopic (exact) mass is 224 g/mol. The van der Waals surface area contributed by atoms with Crippen molar-refractivity contribution in [3.63, 3.8) is 0 Å². The van der Waals surface area contributed by atoms with Gasteiger partial charge >= 0.3 is 0 Å². The van der Waals surface area contributed by atoms with Crippen LogP contribution in [0.3, 0.4) is 0 Å². The summed E-state index contributed by atoms with van der Waals surface area (Å²) in [5.74, 6) is 0.837. The summed E-state index contributed by atoms with van der Waals surface area (Å²) in [7, 11) is 0. The van der Waals surface area contributed by atoms with Crippen LogP contribution in [0.15, 0.2) is 11.6 Å². The number of rotatable bonds is 5. The highest BCUT2D eigenvalue weighted by atomic mass is 15.3. The molecule has 1 fully saturated rings. The Balaban J connectivity index is 2.16. The molecule has 0 aromatic heterocycles. The fraction of sp³-hybridized carbons (Fsp3) is 0.857. The molecule has 0 aromatic rings. The van der Waals surface area contributed by atoms with E-state index in [0.717, 1.165) is 12.5 Å². The lowest BCUT2D eigenvalue weighted by Crippen LogP contribution is -2.46. The number of hydrogen-bond donors (Lipinski definition) is 0. The molecule has 94 valence electrons. The topological polar surface area (TPSA) is 6.48 Å². The van der Waals surface area contributed by atoms with Crippen LogP contribution in [-0.2, 0) is 0 Å². The van der Waals surface area contributed by atoms with E-state index in [9.17, 15) is 0 Å². The Morgan fingerprint density at radius 3 is 2.12 bits per heavy atom. The van der Waals surface area contributed by atoms with Crippen LogP contribution in [0.4, 0.5) is 0 Å². The van der Waals surface area contributed by atoms with Crippen molar-refractivity contribution in [2.75, 3.05) is 39.3 Å². The molecule has 1 rings (SSSR count). The third-order valence-corrected chi connectivity index (χ3v) is 3.25. The Labute approximate surface area is 101 Å². The summed E-state index contributed by atoms with van der Waals surface area (Å²) in [5.41, 5.74) is 1.43.